The summed E-state index contributed by atoms with van der Waals surface area (Å²) in [4.78, 5) is 22.8. The number of hydrogen-bond donors (Lipinski definition) is 1. The van der Waals surface area contributed by atoms with Crippen LogP contribution in [0.2, 0.25) is 0 Å². The fraction of sp³-hybridized carbons (Fsp3) is 0.750. The number of aliphatic carboxylic acids is 1. The summed E-state index contributed by atoms with van der Waals surface area (Å²) in [6.07, 6.45) is -0.130. The molecule has 0 radical (unpaired) electrons. The number of methoxy groups -OCH3 is 1. The van der Waals surface area contributed by atoms with E-state index in [-0.39, 0.29) is 5.92 Å². The van der Waals surface area contributed by atoms with Gasteiger partial charge in [-0.25, -0.2) is 4.79 Å². The lowest BCUT2D eigenvalue weighted by atomic mass is 10.0. The molecule has 1 N–H and O–H groups in total. The van der Waals surface area contributed by atoms with Gasteiger partial charge in [-0.05, 0) is 25.8 Å². The van der Waals surface area contributed by atoms with Crippen LogP contribution in [0, 0.1) is 5.92 Å². The minimum absolute atomic E-state index is 0.236. The highest BCUT2D eigenvalue weighted by atomic mass is 16.8. The molecule has 1 aliphatic heterocycles. The lowest BCUT2D eigenvalue weighted by Gasteiger charge is -2.26. The van der Waals surface area contributed by atoms with Crippen LogP contribution in [0.5, 0.6) is 0 Å². The van der Waals surface area contributed by atoms with Gasteiger partial charge in [-0.3, -0.25) is 4.79 Å². The van der Waals surface area contributed by atoms with Crippen molar-refractivity contribution in [3.8, 4) is 0 Å². The molecule has 0 unspecified atom stereocenters. The second-order valence-electron chi connectivity index (χ2n) is 6.26. The molecule has 1 heterocycles. The molecular weight excluding hydrogens is 304 g/mol. The van der Waals surface area contributed by atoms with E-state index in [1.807, 2.05) is 19.9 Å². The predicted octanol–water partition coefficient (Wildman–Crippen LogP) is 1.75. The van der Waals surface area contributed by atoms with Gasteiger partial charge in [0.15, 0.2) is 11.9 Å². The number of ether oxygens (including phenoxy) is 4. The van der Waals surface area contributed by atoms with Gasteiger partial charge >= 0.3 is 11.9 Å². The molecule has 0 aromatic carbocycles. The molecule has 1 fully saturated rings. The highest BCUT2D eigenvalue weighted by Gasteiger charge is 2.51. The summed E-state index contributed by atoms with van der Waals surface area (Å²) < 4.78 is 21.8. The normalized spacial score (nSPS) is 26.4. The highest BCUT2D eigenvalue weighted by Crippen LogP contribution is 2.34. The fourth-order valence-corrected chi connectivity index (χ4v) is 2.42. The van der Waals surface area contributed by atoms with Gasteiger partial charge < -0.3 is 24.1 Å². The Balaban J connectivity index is 3.12. The van der Waals surface area contributed by atoms with Crippen LogP contribution in [0.15, 0.2) is 12.2 Å². The molecule has 0 aromatic rings. The molecule has 0 aliphatic carbocycles. The van der Waals surface area contributed by atoms with Gasteiger partial charge in [0.2, 0.25) is 0 Å². The standard InChI is InChI=1S/C16H26O7/c1-9(2)7-8-11(21-10(3)17)12-13(14(20-6)15(18)19)23-16(4,5)22-12/h7-9,11-14H,1-6H3,(H,18,19)/b8-7+/t11-,12-,13+,14-/m1/s1. The number of carboxylic acid groups (broad SMARTS) is 1. The van der Waals surface area contributed by atoms with Crippen molar-refractivity contribution < 1.29 is 33.6 Å². The minimum atomic E-state index is -1.23. The maximum Gasteiger partial charge on any atom is 0.335 e. The zero-order chi connectivity index (χ0) is 17.8. The third-order valence-electron chi connectivity index (χ3n) is 3.27. The highest BCUT2D eigenvalue weighted by molar-refractivity contribution is 5.73. The van der Waals surface area contributed by atoms with Crippen LogP contribution in [0.25, 0.3) is 0 Å². The summed E-state index contributed by atoms with van der Waals surface area (Å²) in [5.74, 6) is -2.43. The molecule has 7 nitrogen and oxygen atoms in total. The number of esters is 1. The number of allylic oxidation sites excluding steroid dienone is 1. The maximum absolute atomic E-state index is 11.4. The zero-order valence-corrected chi connectivity index (χ0v) is 14.4. The Morgan fingerprint density at radius 3 is 2.17 bits per heavy atom. The molecule has 4 atom stereocenters. The maximum atomic E-state index is 11.4. The first-order valence-electron chi connectivity index (χ1n) is 7.54. The van der Waals surface area contributed by atoms with Crippen LogP contribution in [-0.4, -0.2) is 54.4 Å². The number of carboxylic acids is 1. The molecule has 1 rings (SSSR count). The monoisotopic (exact) mass is 330 g/mol. The summed E-state index contributed by atoms with van der Waals surface area (Å²) >= 11 is 0. The van der Waals surface area contributed by atoms with E-state index in [1.54, 1.807) is 19.9 Å². The zero-order valence-electron chi connectivity index (χ0n) is 14.4. The number of rotatable bonds is 7. The third-order valence-corrected chi connectivity index (χ3v) is 3.27. The Morgan fingerprint density at radius 2 is 1.74 bits per heavy atom. The Bertz CT molecular complexity index is 455. The molecular formula is C16H26O7. The largest absolute Gasteiger partial charge is 0.479 e. The van der Waals surface area contributed by atoms with Crippen molar-refractivity contribution in [2.24, 2.45) is 5.92 Å². The van der Waals surface area contributed by atoms with Crippen molar-refractivity contribution >= 4 is 11.9 Å². The first-order chi connectivity index (χ1) is 10.6. The average Bonchev–Trinajstić information content (AvgIpc) is 2.70. The van der Waals surface area contributed by atoms with Crippen molar-refractivity contribution in [2.75, 3.05) is 7.11 Å². The van der Waals surface area contributed by atoms with E-state index in [0.29, 0.717) is 0 Å². The molecule has 0 spiro atoms. The molecule has 7 heteroatoms. The van der Waals surface area contributed by atoms with Gasteiger partial charge in [0.1, 0.15) is 18.3 Å². The van der Waals surface area contributed by atoms with E-state index in [2.05, 4.69) is 0 Å². The van der Waals surface area contributed by atoms with Crippen LogP contribution in [0.4, 0.5) is 0 Å². The molecule has 1 aliphatic rings. The van der Waals surface area contributed by atoms with E-state index in [1.165, 1.54) is 14.0 Å². The second-order valence-corrected chi connectivity index (χ2v) is 6.26. The lowest BCUT2D eigenvalue weighted by molar-refractivity contribution is -0.173. The topological polar surface area (TPSA) is 91.3 Å². The van der Waals surface area contributed by atoms with Crippen molar-refractivity contribution in [2.45, 2.75) is 64.8 Å². The quantitative estimate of drug-likeness (QED) is 0.561. The van der Waals surface area contributed by atoms with Crippen molar-refractivity contribution in [3.63, 3.8) is 0 Å². The summed E-state index contributed by atoms with van der Waals surface area (Å²) in [5, 5.41) is 9.32. The SMILES string of the molecule is CO[C@@H](C(=O)O)[C@H]1OC(C)(C)O[C@@H]1[C@@H](/C=C/C(C)C)OC(C)=O. The molecule has 0 bridgehead atoms. The van der Waals surface area contributed by atoms with Gasteiger partial charge in [0.05, 0.1) is 0 Å². The third kappa shape index (κ3) is 5.60. The van der Waals surface area contributed by atoms with Crippen LogP contribution in [0.1, 0.15) is 34.6 Å². The first kappa shape index (κ1) is 19.6. The van der Waals surface area contributed by atoms with Gasteiger partial charge in [-0.15, -0.1) is 0 Å². The van der Waals surface area contributed by atoms with Crippen LogP contribution >= 0.6 is 0 Å². The van der Waals surface area contributed by atoms with Crippen LogP contribution in [-0.2, 0) is 28.5 Å². The van der Waals surface area contributed by atoms with Gasteiger partial charge in [0, 0.05) is 14.0 Å². The van der Waals surface area contributed by atoms with E-state index >= 15 is 0 Å². The van der Waals surface area contributed by atoms with Gasteiger partial charge in [0.25, 0.3) is 0 Å². The summed E-state index contributed by atoms with van der Waals surface area (Å²) in [7, 11) is 1.29. The second kappa shape index (κ2) is 7.90. The predicted molar refractivity (Wildman–Crippen MR) is 81.8 cm³/mol. The average molecular weight is 330 g/mol. The molecule has 1 saturated heterocycles. The summed E-state index contributed by atoms with van der Waals surface area (Å²) in [6.45, 7) is 8.59. The van der Waals surface area contributed by atoms with Gasteiger partial charge in [-0.2, -0.15) is 0 Å². The number of hydrogen-bond acceptors (Lipinski definition) is 6. The van der Waals surface area contributed by atoms with Gasteiger partial charge in [-0.1, -0.05) is 19.9 Å². The number of carbonyl (C=O) groups excluding carboxylic acids is 1. The van der Waals surface area contributed by atoms with E-state index in [4.69, 9.17) is 18.9 Å². The Morgan fingerprint density at radius 1 is 1.17 bits per heavy atom. The Hall–Kier alpha value is -1.44. The van der Waals surface area contributed by atoms with Crippen molar-refractivity contribution in [1.82, 2.24) is 0 Å². The molecule has 0 amide bonds. The summed E-state index contributed by atoms with van der Waals surface area (Å²) in [5.41, 5.74) is 0. The Labute approximate surface area is 136 Å². The van der Waals surface area contributed by atoms with Crippen LogP contribution < -0.4 is 0 Å². The minimum Gasteiger partial charge on any atom is -0.479 e. The Kier molecular flexibility index (Phi) is 6.73. The molecule has 0 aromatic heterocycles. The molecule has 132 valence electrons. The van der Waals surface area contributed by atoms with E-state index in [9.17, 15) is 14.7 Å². The van der Waals surface area contributed by atoms with Crippen LogP contribution in [0.3, 0.4) is 0 Å². The van der Waals surface area contributed by atoms with E-state index in [0.717, 1.165) is 0 Å². The van der Waals surface area contributed by atoms with Crippen molar-refractivity contribution in [1.29, 1.82) is 0 Å². The first-order valence-corrected chi connectivity index (χ1v) is 7.54. The molecule has 23 heavy (non-hydrogen) atoms. The smallest absolute Gasteiger partial charge is 0.335 e. The lowest BCUT2D eigenvalue weighted by Crippen LogP contribution is -2.47. The van der Waals surface area contributed by atoms with Crippen molar-refractivity contribution in [3.05, 3.63) is 12.2 Å². The van der Waals surface area contributed by atoms with E-state index < -0.39 is 42.1 Å². The summed E-state index contributed by atoms with van der Waals surface area (Å²) in [6, 6.07) is 0. The number of carbonyl (C=O) groups is 2. The fourth-order valence-electron chi connectivity index (χ4n) is 2.42. The molecule has 0 saturated carbocycles.